The van der Waals surface area contributed by atoms with Crippen LogP contribution in [0, 0.1) is 12.3 Å². The van der Waals surface area contributed by atoms with E-state index >= 15 is 0 Å². The smallest absolute Gasteiger partial charge is 0.253 e. The van der Waals surface area contributed by atoms with Crippen molar-refractivity contribution in [3.8, 4) is 0 Å². The molecule has 0 aliphatic rings. The summed E-state index contributed by atoms with van der Waals surface area (Å²) in [6.07, 6.45) is 1.01. The van der Waals surface area contributed by atoms with E-state index in [9.17, 15) is 4.79 Å². The summed E-state index contributed by atoms with van der Waals surface area (Å²) in [7, 11) is 1.87. The lowest BCUT2D eigenvalue weighted by molar-refractivity contribution is 0.0780. The highest BCUT2D eigenvalue weighted by atomic mass is 16.2. The molecule has 0 aliphatic carbocycles. The van der Waals surface area contributed by atoms with E-state index in [2.05, 4.69) is 20.8 Å². The molecule has 1 rings (SSSR count). The van der Waals surface area contributed by atoms with Crippen molar-refractivity contribution in [3.05, 3.63) is 35.4 Å². The standard InChI is InChI=1S/C15H23NO/c1-12-7-6-8-13(11-12)14(17)16(5)10-9-15(2,3)4/h6-8,11H,9-10H2,1-5H3. The van der Waals surface area contributed by atoms with Crippen LogP contribution in [-0.2, 0) is 0 Å². The third kappa shape index (κ3) is 4.59. The normalized spacial score (nSPS) is 11.4. The number of carbonyl (C=O) groups is 1. The molecule has 0 spiro atoms. The maximum absolute atomic E-state index is 12.1. The fraction of sp³-hybridized carbons (Fsp3) is 0.533. The molecule has 1 aromatic carbocycles. The average Bonchev–Trinajstić information content (AvgIpc) is 2.24. The molecule has 1 amide bonds. The number of amides is 1. The van der Waals surface area contributed by atoms with Gasteiger partial charge < -0.3 is 4.90 Å². The van der Waals surface area contributed by atoms with Gasteiger partial charge in [0.1, 0.15) is 0 Å². The zero-order valence-electron chi connectivity index (χ0n) is 11.6. The Kier molecular flexibility index (Phi) is 4.33. The molecule has 1 aromatic rings. The molecule has 2 nitrogen and oxygen atoms in total. The lowest BCUT2D eigenvalue weighted by atomic mass is 9.92. The summed E-state index contributed by atoms with van der Waals surface area (Å²) in [5.74, 6) is 0.109. The summed E-state index contributed by atoms with van der Waals surface area (Å²) >= 11 is 0. The van der Waals surface area contributed by atoms with E-state index in [-0.39, 0.29) is 11.3 Å². The predicted octanol–water partition coefficient (Wildman–Crippen LogP) is 3.50. The molecular weight excluding hydrogens is 210 g/mol. The second kappa shape index (κ2) is 5.35. The monoisotopic (exact) mass is 233 g/mol. The molecule has 0 saturated carbocycles. The average molecular weight is 233 g/mol. The van der Waals surface area contributed by atoms with Gasteiger partial charge in [-0.25, -0.2) is 0 Å². The van der Waals surface area contributed by atoms with E-state index < -0.39 is 0 Å². The maximum Gasteiger partial charge on any atom is 0.253 e. The summed E-state index contributed by atoms with van der Waals surface area (Å²) < 4.78 is 0. The minimum atomic E-state index is 0.109. The molecule has 0 atom stereocenters. The van der Waals surface area contributed by atoms with E-state index in [1.54, 1.807) is 4.90 Å². The Morgan fingerprint density at radius 1 is 1.29 bits per heavy atom. The van der Waals surface area contributed by atoms with E-state index in [1.165, 1.54) is 0 Å². The molecule has 17 heavy (non-hydrogen) atoms. The summed E-state index contributed by atoms with van der Waals surface area (Å²) in [5.41, 5.74) is 2.17. The number of rotatable bonds is 3. The SMILES string of the molecule is Cc1cccc(C(=O)N(C)CCC(C)(C)C)c1. The highest BCUT2D eigenvalue weighted by Gasteiger charge is 2.15. The van der Waals surface area contributed by atoms with Crippen LogP contribution in [0.25, 0.3) is 0 Å². The lowest BCUT2D eigenvalue weighted by Crippen LogP contribution is -2.30. The van der Waals surface area contributed by atoms with Gasteiger partial charge in [-0.2, -0.15) is 0 Å². The molecule has 94 valence electrons. The first kappa shape index (κ1) is 13.8. The van der Waals surface area contributed by atoms with Gasteiger partial charge in [-0.15, -0.1) is 0 Å². The summed E-state index contributed by atoms with van der Waals surface area (Å²) in [4.78, 5) is 13.9. The third-order valence-electron chi connectivity index (χ3n) is 2.81. The molecule has 0 heterocycles. The van der Waals surface area contributed by atoms with Crippen LogP contribution in [0.3, 0.4) is 0 Å². The maximum atomic E-state index is 12.1. The van der Waals surface area contributed by atoms with E-state index in [0.717, 1.165) is 24.1 Å². The summed E-state index contributed by atoms with van der Waals surface area (Å²) in [5, 5.41) is 0. The zero-order chi connectivity index (χ0) is 13.1. The van der Waals surface area contributed by atoms with Crippen molar-refractivity contribution in [1.82, 2.24) is 4.90 Å². The van der Waals surface area contributed by atoms with Crippen LogP contribution in [0.1, 0.15) is 43.1 Å². The van der Waals surface area contributed by atoms with Gasteiger partial charge in [-0.1, -0.05) is 38.5 Å². The number of carbonyl (C=O) groups excluding carboxylic acids is 1. The van der Waals surface area contributed by atoms with Crippen LogP contribution in [0.5, 0.6) is 0 Å². The Hall–Kier alpha value is -1.31. The van der Waals surface area contributed by atoms with Crippen LogP contribution in [0.4, 0.5) is 0 Å². The van der Waals surface area contributed by atoms with Crippen molar-refractivity contribution in [2.75, 3.05) is 13.6 Å². The van der Waals surface area contributed by atoms with Crippen molar-refractivity contribution in [2.24, 2.45) is 5.41 Å². The fourth-order valence-corrected chi connectivity index (χ4v) is 1.60. The highest BCUT2D eigenvalue weighted by Crippen LogP contribution is 2.19. The van der Waals surface area contributed by atoms with Crippen molar-refractivity contribution in [1.29, 1.82) is 0 Å². The number of benzene rings is 1. The molecule has 0 bridgehead atoms. The Balaban J connectivity index is 2.64. The van der Waals surface area contributed by atoms with E-state index in [1.807, 2.05) is 38.2 Å². The van der Waals surface area contributed by atoms with E-state index in [4.69, 9.17) is 0 Å². The minimum absolute atomic E-state index is 0.109. The molecule has 2 heteroatoms. The first-order chi connectivity index (χ1) is 7.79. The van der Waals surface area contributed by atoms with Gasteiger partial charge in [-0.3, -0.25) is 4.79 Å². The fourth-order valence-electron chi connectivity index (χ4n) is 1.60. The van der Waals surface area contributed by atoms with Gasteiger partial charge in [-0.05, 0) is 30.9 Å². The quantitative estimate of drug-likeness (QED) is 0.782. The second-order valence-corrected chi connectivity index (χ2v) is 5.91. The highest BCUT2D eigenvalue weighted by molar-refractivity contribution is 5.94. The molecule has 0 aromatic heterocycles. The number of hydrogen-bond donors (Lipinski definition) is 0. The molecular formula is C15H23NO. The Bertz CT molecular complexity index is 390. The number of nitrogens with zero attached hydrogens (tertiary/aromatic N) is 1. The zero-order valence-corrected chi connectivity index (χ0v) is 11.6. The van der Waals surface area contributed by atoms with Crippen LogP contribution in [0.2, 0.25) is 0 Å². The summed E-state index contributed by atoms with van der Waals surface area (Å²) in [6, 6.07) is 7.75. The van der Waals surface area contributed by atoms with Gasteiger partial charge in [0.05, 0.1) is 0 Å². The van der Waals surface area contributed by atoms with Gasteiger partial charge in [0.2, 0.25) is 0 Å². The van der Waals surface area contributed by atoms with Crippen LogP contribution >= 0.6 is 0 Å². The van der Waals surface area contributed by atoms with Crippen LogP contribution < -0.4 is 0 Å². The summed E-state index contributed by atoms with van der Waals surface area (Å²) in [6.45, 7) is 9.39. The molecule has 0 fully saturated rings. The van der Waals surface area contributed by atoms with Gasteiger partial charge in [0, 0.05) is 19.2 Å². The molecule has 0 aliphatic heterocycles. The van der Waals surface area contributed by atoms with Gasteiger partial charge in [0.25, 0.3) is 5.91 Å². The third-order valence-corrected chi connectivity index (χ3v) is 2.81. The van der Waals surface area contributed by atoms with Gasteiger partial charge >= 0.3 is 0 Å². The topological polar surface area (TPSA) is 20.3 Å². The van der Waals surface area contributed by atoms with Crippen LogP contribution in [0.15, 0.2) is 24.3 Å². The van der Waals surface area contributed by atoms with Crippen LogP contribution in [-0.4, -0.2) is 24.4 Å². The molecule has 0 saturated heterocycles. The number of hydrogen-bond acceptors (Lipinski definition) is 1. The first-order valence-corrected chi connectivity index (χ1v) is 6.12. The largest absolute Gasteiger partial charge is 0.342 e. The lowest BCUT2D eigenvalue weighted by Gasteiger charge is -2.23. The van der Waals surface area contributed by atoms with Crippen molar-refractivity contribution in [2.45, 2.75) is 34.1 Å². The minimum Gasteiger partial charge on any atom is -0.342 e. The van der Waals surface area contributed by atoms with Crippen molar-refractivity contribution >= 4 is 5.91 Å². The Morgan fingerprint density at radius 2 is 1.94 bits per heavy atom. The Morgan fingerprint density at radius 3 is 2.47 bits per heavy atom. The second-order valence-electron chi connectivity index (χ2n) is 5.91. The van der Waals surface area contributed by atoms with Gasteiger partial charge in [0.15, 0.2) is 0 Å². The first-order valence-electron chi connectivity index (χ1n) is 6.12. The molecule has 0 unspecified atom stereocenters. The number of aryl methyl sites for hydroxylation is 1. The van der Waals surface area contributed by atoms with Crippen molar-refractivity contribution in [3.63, 3.8) is 0 Å². The Labute approximate surface area is 105 Å². The van der Waals surface area contributed by atoms with Crippen molar-refractivity contribution < 1.29 is 4.79 Å². The van der Waals surface area contributed by atoms with E-state index in [0.29, 0.717) is 0 Å². The predicted molar refractivity (Wildman–Crippen MR) is 72.2 cm³/mol. The molecule has 0 radical (unpaired) electrons. The molecule has 0 N–H and O–H groups in total.